The van der Waals surface area contributed by atoms with Crippen LogP contribution in [-0.2, 0) is 7.05 Å². The Labute approximate surface area is 167 Å². The van der Waals surface area contributed by atoms with Crippen molar-refractivity contribution in [1.29, 1.82) is 0 Å². The maximum atomic E-state index is 12.6. The van der Waals surface area contributed by atoms with Gasteiger partial charge in [-0.05, 0) is 45.2 Å². The molecule has 1 amide bonds. The minimum atomic E-state index is -0.327. The van der Waals surface area contributed by atoms with E-state index in [9.17, 15) is 9.59 Å². The van der Waals surface area contributed by atoms with Crippen molar-refractivity contribution in [3.05, 3.63) is 45.8 Å². The van der Waals surface area contributed by atoms with Gasteiger partial charge in [-0.15, -0.1) is 5.10 Å². The van der Waals surface area contributed by atoms with Gasteiger partial charge in [0, 0.05) is 43.6 Å². The third-order valence-electron chi connectivity index (χ3n) is 5.19. The minimum absolute atomic E-state index is 0.0943. The van der Waals surface area contributed by atoms with E-state index < -0.39 is 0 Å². The summed E-state index contributed by atoms with van der Waals surface area (Å²) in [6, 6.07) is 5.24. The maximum Gasteiger partial charge on any atom is 0.291 e. The average molecular weight is 396 g/mol. The molecule has 3 aromatic rings. The summed E-state index contributed by atoms with van der Waals surface area (Å²) >= 11 is 0. The molecule has 1 saturated heterocycles. The lowest BCUT2D eigenvalue weighted by molar-refractivity contribution is 0.0939. The van der Waals surface area contributed by atoms with Gasteiger partial charge in [-0.3, -0.25) is 9.59 Å². The molecule has 152 valence electrons. The quantitative estimate of drug-likeness (QED) is 0.688. The molecule has 1 N–H and O–H groups in total. The van der Waals surface area contributed by atoms with Crippen LogP contribution in [0, 0.1) is 13.8 Å². The summed E-state index contributed by atoms with van der Waals surface area (Å²) in [5, 5.41) is 11.6. The number of carbonyl (C=O) groups is 1. The van der Waals surface area contributed by atoms with Crippen molar-refractivity contribution in [2.75, 3.05) is 18.0 Å². The summed E-state index contributed by atoms with van der Waals surface area (Å²) < 4.78 is 2.90. The standard InChI is InChI=1S/C19H24N8O2/c1-12-10-13(2)27-19(21-12)22-17(24-27)18(29)20-11-14-6-4-5-9-26(14)15-7-8-16(28)25(3)23-15/h7-8,10,14H,4-6,9,11H2,1-3H3,(H,20,29). The highest BCUT2D eigenvalue weighted by Crippen LogP contribution is 2.22. The van der Waals surface area contributed by atoms with Crippen LogP contribution in [0.3, 0.4) is 0 Å². The number of hydrogen-bond donors (Lipinski definition) is 1. The number of aryl methyl sites for hydroxylation is 3. The zero-order valence-electron chi connectivity index (χ0n) is 16.8. The lowest BCUT2D eigenvalue weighted by atomic mass is 10.0. The van der Waals surface area contributed by atoms with E-state index in [-0.39, 0.29) is 23.3 Å². The average Bonchev–Trinajstić information content (AvgIpc) is 3.13. The first-order valence-electron chi connectivity index (χ1n) is 9.72. The van der Waals surface area contributed by atoms with Crippen molar-refractivity contribution in [2.45, 2.75) is 39.2 Å². The number of fused-ring (bicyclic) bond motifs is 1. The number of aromatic nitrogens is 6. The van der Waals surface area contributed by atoms with E-state index >= 15 is 0 Å². The van der Waals surface area contributed by atoms with Crippen molar-refractivity contribution in [3.8, 4) is 0 Å². The Bertz CT molecular complexity index is 1120. The second kappa shape index (κ2) is 7.61. The van der Waals surface area contributed by atoms with E-state index in [4.69, 9.17) is 0 Å². The molecule has 4 rings (SSSR count). The van der Waals surface area contributed by atoms with Crippen LogP contribution in [0.2, 0.25) is 0 Å². The summed E-state index contributed by atoms with van der Waals surface area (Å²) in [6.07, 6.45) is 3.06. The Kier molecular flexibility index (Phi) is 4.99. The van der Waals surface area contributed by atoms with Crippen LogP contribution in [0.5, 0.6) is 0 Å². The van der Waals surface area contributed by atoms with Gasteiger partial charge in [0.25, 0.3) is 17.2 Å². The zero-order valence-corrected chi connectivity index (χ0v) is 16.8. The fraction of sp³-hybridized carbons (Fsp3) is 0.474. The van der Waals surface area contributed by atoms with Gasteiger partial charge < -0.3 is 10.2 Å². The van der Waals surface area contributed by atoms with E-state index in [1.54, 1.807) is 17.6 Å². The highest BCUT2D eigenvalue weighted by atomic mass is 16.2. The lowest BCUT2D eigenvalue weighted by Crippen LogP contribution is -2.47. The normalized spacial score (nSPS) is 16.9. The highest BCUT2D eigenvalue weighted by molar-refractivity contribution is 5.90. The fourth-order valence-corrected chi connectivity index (χ4v) is 3.71. The molecule has 0 spiro atoms. The number of piperidine rings is 1. The number of nitrogens with one attached hydrogen (secondary N) is 1. The lowest BCUT2D eigenvalue weighted by Gasteiger charge is -2.36. The van der Waals surface area contributed by atoms with Crippen LogP contribution < -0.4 is 15.8 Å². The summed E-state index contributed by atoms with van der Waals surface area (Å²) in [4.78, 5) is 35.0. The molecule has 1 aliphatic heterocycles. The van der Waals surface area contributed by atoms with Gasteiger partial charge in [0.2, 0.25) is 5.82 Å². The molecule has 3 aromatic heterocycles. The van der Waals surface area contributed by atoms with Crippen molar-refractivity contribution in [3.63, 3.8) is 0 Å². The summed E-state index contributed by atoms with van der Waals surface area (Å²) in [5.74, 6) is 0.939. The molecule has 4 heterocycles. The molecule has 10 heteroatoms. The van der Waals surface area contributed by atoms with Crippen molar-refractivity contribution >= 4 is 17.5 Å². The first-order valence-corrected chi connectivity index (χ1v) is 9.72. The van der Waals surface area contributed by atoms with Gasteiger partial charge in [-0.1, -0.05) is 0 Å². The number of anilines is 1. The summed E-state index contributed by atoms with van der Waals surface area (Å²) in [7, 11) is 1.64. The number of nitrogens with zero attached hydrogens (tertiary/aromatic N) is 7. The number of hydrogen-bond acceptors (Lipinski definition) is 7. The molecule has 1 aliphatic rings. The van der Waals surface area contributed by atoms with Gasteiger partial charge in [-0.2, -0.15) is 10.1 Å². The van der Waals surface area contributed by atoms with E-state index in [1.165, 1.54) is 10.7 Å². The molecule has 0 saturated carbocycles. The van der Waals surface area contributed by atoms with Gasteiger partial charge in [0.1, 0.15) is 5.82 Å². The molecule has 0 aliphatic carbocycles. The minimum Gasteiger partial charge on any atom is -0.350 e. The predicted octanol–water partition coefficient (Wildman–Crippen LogP) is 0.624. The Balaban J connectivity index is 1.49. The van der Waals surface area contributed by atoms with Crippen LogP contribution in [0.15, 0.2) is 23.0 Å². The number of carbonyl (C=O) groups excluding carboxylic acids is 1. The molecule has 1 atom stereocenters. The van der Waals surface area contributed by atoms with Crippen LogP contribution in [0.25, 0.3) is 5.78 Å². The predicted molar refractivity (Wildman–Crippen MR) is 107 cm³/mol. The van der Waals surface area contributed by atoms with E-state index in [0.717, 1.165) is 43.0 Å². The fourth-order valence-electron chi connectivity index (χ4n) is 3.71. The van der Waals surface area contributed by atoms with Crippen molar-refractivity contribution < 1.29 is 4.79 Å². The first kappa shape index (κ1) is 19.0. The monoisotopic (exact) mass is 396 g/mol. The van der Waals surface area contributed by atoms with Crippen LogP contribution >= 0.6 is 0 Å². The van der Waals surface area contributed by atoms with Gasteiger partial charge in [0.15, 0.2) is 0 Å². The molecular weight excluding hydrogens is 372 g/mol. The first-order chi connectivity index (χ1) is 13.9. The topological polar surface area (TPSA) is 110 Å². The number of rotatable bonds is 4. The smallest absolute Gasteiger partial charge is 0.291 e. The Morgan fingerprint density at radius 3 is 2.83 bits per heavy atom. The van der Waals surface area contributed by atoms with Gasteiger partial charge in [0.05, 0.1) is 0 Å². The molecule has 0 aromatic carbocycles. The number of amides is 1. The van der Waals surface area contributed by atoms with Gasteiger partial charge in [-0.25, -0.2) is 14.2 Å². The van der Waals surface area contributed by atoms with E-state index in [2.05, 4.69) is 30.4 Å². The highest BCUT2D eigenvalue weighted by Gasteiger charge is 2.25. The SMILES string of the molecule is Cc1cc(C)n2nc(C(=O)NCC3CCCCN3c3ccc(=O)n(C)n3)nc2n1. The Morgan fingerprint density at radius 1 is 1.21 bits per heavy atom. The molecule has 0 radical (unpaired) electrons. The molecule has 1 unspecified atom stereocenters. The zero-order chi connectivity index (χ0) is 20.5. The summed E-state index contributed by atoms with van der Waals surface area (Å²) in [5.41, 5.74) is 1.56. The van der Waals surface area contributed by atoms with Crippen LogP contribution in [0.4, 0.5) is 5.82 Å². The van der Waals surface area contributed by atoms with Crippen LogP contribution in [-0.4, -0.2) is 54.4 Å². The van der Waals surface area contributed by atoms with E-state index in [1.807, 2.05) is 19.9 Å². The van der Waals surface area contributed by atoms with Crippen molar-refractivity contribution in [1.82, 2.24) is 34.7 Å². The molecule has 29 heavy (non-hydrogen) atoms. The van der Waals surface area contributed by atoms with Gasteiger partial charge >= 0.3 is 0 Å². The second-order valence-electron chi connectivity index (χ2n) is 7.39. The third kappa shape index (κ3) is 3.82. The molecule has 0 bridgehead atoms. The van der Waals surface area contributed by atoms with Crippen LogP contribution in [0.1, 0.15) is 41.3 Å². The Hall–Kier alpha value is -3.30. The third-order valence-corrected chi connectivity index (χ3v) is 5.19. The van der Waals surface area contributed by atoms with E-state index in [0.29, 0.717) is 12.3 Å². The molecule has 10 nitrogen and oxygen atoms in total. The second-order valence-corrected chi connectivity index (χ2v) is 7.39. The molecule has 1 fully saturated rings. The Morgan fingerprint density at radius 2 is 2.03 bits per heavy atom. The molecular formula is C19H24N8O2. The maximum absolute atomic E-state index is 12.6. The summed E-state index contributed by atoms with van der Waals surface area (Å²) in [6.45, 7) is 5.07. The van der Waals surface area contributed by atoms with Crippen molar-refractivity contribution in [2.24, 2.45) is 7.05 Å². The largest absolute Gasteiger partial charge is 0.350 e.